The van der Waals surface area contributed by atoms with Gasteiger partial charge in [0, 0.05) is 16.8 Å². The molecule has 22 heavy (non-hydrogen) atoms. The Morgan fingerprint density at radius 1 is 1.23 bits per heavy atom. The lowest BCUT2D eigenvalue weighted by Gasteiger charge is -2.03. The van der Waals surface area contributed by atoms with Crippen molar-refractivity contribution in [2.45, 2.75) is 13.5 Å². The standard InChI is InChI=1S/C16H13FN2OS2/c1-10-2-7-14(22-10)16-19-13(9-21-16)15(20)18-8-11-3-5-12(17)6-4-11/h2-7,9H,8H2,1H3,(H,18,20). The lowest BCUT2D eigenvalue weighted by molar-refractivity contribution is 0.0946. The van der Waals surface area contributed by atoms with E-state index in [0.717, 1.165) is 15.4 Å². The van der Waals surface area contributed by atoms with Crippen molar-refractivity contribution in [2.75, 3.05) is 0 Å². The van der Waals surface area contributed by atoms with E-state index in [4.69, 9.17) is 0 Å². The fourth-order valence-electron chi connectivity index (χ4n) is 1.92. The zero-order valence-corrected chi connectivity index (χ0v) is 13.4. The Bertz CT molecular complexity index is 793. The molecule has 0 fully saturated rings. The zero-order chi connectivity index (χ0) is 15.5. The minimum absolute atomic E-state index is 0.222. The predicted octanol–water partition coefficient (Wildman–Crippen LogP) is 4.25. The Morgan fingerprint density at radius 3 is 2.68 bits per heavy atom. The van der Waals surface area contributed by atoms with Gasteiger partial charge in [-0.25, -0.2) is 9.37 Å². The molecule has 3 nitrogen and oxygen atoms in total. The first-order valence-electron chi connectivity index (χ1n) is 6.67. The summed E-state index contributed by atoms with van der Waals surface area (Å²) >= 11 is 3.11. The van der Waals surface area contributed by atoms with Crippen molar-refractivity contribution in [3.63, 3.8) is 0 Å². The van der Waals surface area contributed by atoms with Crippen molar-refractivity contribution < 1.29 is 9.18 Å². The van der Waals surface area contributed by atoms with Gasteiger partial charge in [0.25, 0.3) is 5.91 Å². The van der Waals surface area contributed by atoms with Crippen LogP contribution in [0.25, 0.3) is 9.88 Å². The quantitative estimate of drug-likeness (QED) is 0.776. The van der Waals surface area contributed by atoms with Crippen LogP contribution in [-0.2, 0) is 6.54 Å². The molecule has 0 saturated heterocycles. The number of carbonyl (C=O) groups is 1. The van der Waals surface area contributed by atoms with Crippen molar-refractivity contribution in [2.24, 2.45) is 0 Å². The number of carbonyl (C=O) groups excluding carboxylic acids is 1. The topological polar surface area (TPSA) is 42.0 Å². The molecule has 6 heteroatoms. The highest BCUT2D eigenvalue weighted by atomic mass is 32.1. The van der Waals surface area contributed by atoms with Gasteiger partial charge in [-0.15, -0.1) is 22.7 Å². The number of thiazole rings is 1. The summed E-state index contributed by atoms with van der Waals surface area (Å²) in [5.41, 5.74) is 1.26. The van der Waals surface area contributed by atoms with Crippen LogP contribution >= 0.6 is 22.7 Å². The molecule has 2 heterocycles. The first-order valence-corrected chi connectivity index (χ1v) is 8.36. The summed E-state index contributed by atoms with van der Waals surface area (Å²) in [6.07, 6.45) is 0. The van der Waals surface area contributed by atoms with Crippen LogP contribution in [0.15, 0.2) is 41.8 Å². The highest BCUT2D eigenvalue weighted by Gasteiger charge is 2.12. The largest absolute Gasteiger partial charge is 0.347 e. The average molecular weight is 332 g/mol. The van der Waals surface area contributed by atoms with Crippen LogP contribution in [0.1, 0.15) is 20.9 Å². The highest BCUT2D eigenvalue weighted by molar-refractivity contribution is 7.21. The molecular weight excluding hydrogens is 319 g/mol. The Kier molecular flexibility index (Phi) is 4.31. The SMILES string of the molecule is Cc1ccc(-c2nc(C(=O)NCc3ccc(F)cc3)cs2)s1. The molecule has 0 aliphatic heterocycles. The Morgan fingerprint density at radius 2 is 2.00 bits per heavy atom. The van der Waals surface area contributed by atoms with Gasteiger partial charge in [0.15, 0.2) is 0 Å². The predicted molar refractivity (Wildman–Crippen MR) is 87.7 cm³/mol. The zero-order valence-electron chi connectivity index (χ0n) is 11.8. The van der Waals surface area contributed by atoms with Gasteiger partial charge in [0.2, 0.25) is 0 Å². The van der Waals surface area contributed by atoms with E-state index in [0.29, 0.717) is 12.2 Å². The van der Waals surface area contributed by atoms with E-state index < -0.39 is 0 Å². The third-order valence-electron chi connectivity index (χ3n) is 3.05. The van der Waals surface area contributed by atoms with Crippen molar-refractivity contribution in [1.82, 2.24) is 10.3 Å². The molecule has 1 N–H and O–H groups in total. The fourth-order valence-corrected chi connectivity index (χ4v) is 3.66. The van der Waals surface area contributed by atoms with E-state index in [1.165, 1.54) is 28.3 Å². The smallest absolute Gasteiger partial charge is 0.271 e. The first kappa shape index (κ1) is 14.9. The normalized spacial score (nSPS) is 10.6. The van der Waals surface area contributed by atoms with E-state index in [2.05, 4.69) is 10.3 Å². The molecule has 0 saturated carbocycles. The number of rotatable bonds is 4. The number of hydrogen-bond acceptors (Lipinski definition) is 4. The van der Waals surface area contributed by atoms with Crippen LogP contribution in [0.2, 0.25) is 0 Å². The van der Waals surface area contributed by atoms with Gasteiger partial charge in [-0.1, -0.05) is 12.1 Å². The molecule has 0 radical (unpaired) electrons. The second-order valence-electron chi connectivity index (χ2n) is 4.76. The Balaban J connectivity index is 1.65. The third-order valence-corrected chi connectivity index (χ3v) is 5.07. The van der Waals surface area contributed by atoms with Crippen LogP contribution in [0.5, 0.6) is 0 Å². The molecule has 112 valence electrons. The summed E-state index contributed by atoms with van der Waals surface area (Å²) in [6, 6.07) is 10.1. The second-order valence-corrected chi connectivity index (χ2v) is 6.90. The van der Waals surface area contributed by atoms with E-state index in [-0.39, 0.29) is 11.7 Å². The summed E-state index contributed by atoms with van der Waals surface area (Å²) in [5.74, 6) is -0.509. The maximum Gasteiger partial charge on any atom is 0.271 e. The van der Waals surface area contributed by atoms with Gasteiger partial charge in [0.1, 0.15) is 16.5 Å². The molecular formula is C16H13FN2OS2. The lowest BCUT2D eigenvalue weighted by atomic mass is 10.2. The van der Waals surface area contributed by atoms with Gasteiger partial charge in [-0.05, 0) is 36.8 Å². The van der Waals surface area contributed by atoms with E-state index in [1.807, 2.05) is 19.1 Å². The molecule has 2 aromatic heterocycles. The van der Waals surface area contributed by atoms with Crippen LogP contribution in [-0.4, -0.2) is 10.9 Å². The molecule has 0 atom stereocenters. The maximum absolute atomic E-state index is 12.8. The van der Waals surface area contributed by atoms with Crippen molar-refractivity contribution in [1.29, 1.82) is 0 Å². The van der Waals surface area contributed by atoms with E-state index >= 15 is 0 Å². The Labute approximate surface area is 135 Å². The number of amides is 1. The number of nitrogens with zero attached hydrogens (tertiary/aromatic N) is 1. The van der Waals surface area contributed by atoms with Gasteiger partial charge in [-0.3, -0.25) is 4.79 Å². The lowest BCUT2D eigenvalue weighted by Crippen LogP contribution is -2.23. The monoisotopic (exact) mass is 332 g/mol. The maximum atomic E-state index is 12.8. The molecule has 3 aromatic rings. The summed E-state index contributed by atoms with van der Waals surface area (Å²) in [6.45, 7) is 2.39. The number of aryl methyl sites for hydroxylation is 1. The minimum atomic E-state index is -0.287. The number of hydrogen-bond donors (Lipinski definition) is 1. The molecule has 0 spiro atoms. The summed E-state index contributed by atoms with van der Waals surface area (Å²) in [7, 11) is 0. The number of thiophene rings is 1. The molecule has 0 aliphatic rings. The third kappa shape index (κ3) is 3.40. The van der Waals surface area contributed by atoms with Crippen molar-refractivity contribution in [3.8, 4) is 9.88 Å². The van der Waals surface area contributed by atoms with Gasteiger partial charge >= 0.3 is 0 Å². The summed E-state index contributed by atoms with van der Waals surface area (Å²) in [5, 5.41) is 5.40. The summed E-state index contributed by atoms with van der Waals surface area (Å²) < 4.78 is 12.8. The van der Waals surface area contributed by atoms with Crippen LogP contribution < -0.4 is 5.32 Å². The molecule has 1 amide bonds. The average Bonchev–Trinajstić information content (AvgIpc) is 3.15. The van der Waals surface area contributed by atoms with E-state index in [1.54, 1.807) is 28.8 Å². The molecule has 3 rings (SSSR count). The number of aromatic nitrogens is 1. The molecule has 1 aromatic carbocycles. The number of benzene rings is 1. The van der Waals surface area contributed by atoms with Gasteiger partial charge in [-0.2, -0.15) is 0 Å². The van der Waals surface area contributed by atoms with Gasteiger partial charge < -0.3 is 5.32 Å². The van der Waals surface area contributed by atoms with Crippen LogP contribution in [0, 0.1) is 12.7 Å². The van der Waals surface area contributed by atoms with Gasteiger partial charge in [0.05, 0.1) is 4.88 Å². The summed E-state index contributed by atoms with van der Waals surface area (Å²) in [4.78, 5) is 18.8. The highest BCUT2D eigenvalue weighted by Crippen LogP contribution is 2.30. The number of nitrogens with one attached hydrogen (secondary N) is 1. The van der Waals surface area contributed by atoms with Crippen LogP contribution in [0.4, 0.5) is 4.39 Å². The number of halogens is 1. The Hall–Kier alpha value is -2.05. The minimum Gasteiger partial charge on any atom is -0.347 e. The fraction of sp³-hybridized carbons (Fsp3) is 0.125. The molecule has 0 bridgehead atoms. The van der Waals surface area contributed by atoms with Crippen LogP contribution in [0.3, 0.4) is 0 Å². The van der Waals surface area contributed by atoms with Crippen molar-refractivity contribution >= 4 is 28.6 Å². The van der Waals surface area contributed by atoms with Crippen molar-refractivity contribution in [3.05, 3.63) is 63.7 Å². The second kappa shape index (κ2) is 6.37. The molecule has 0 aliphatic carbocycles. The molecule has 0 unspecified atom stereocenters. The van der Waals surface area contributed by atoms with E-state index in [9.17, 15) is 9.18 Å². The first-order chi connectivity index (χ1) is 10.6.